The highest BCUT2D eigenvalue weighted by molar-refractivity contribution is 6.33. The number of rotatable bonds is 7. The van der Waals surface area contributed by atoms with Crippen LogP contribution in [0, 0.1) is 0 Å². The third kappa shape index (κ3) is 5.04. The van der Waals surface area contributed by atoms with Crippen LogP contribution in [-0.4, -0.2) is 37.7 Å². The molecule has 0 fully saturated rings. The molecule has 4 N–H and O–H groups in total. The van der Waals surface area contributed by atoms with Crippen LogP contribution in [0.5, 0.6) is 11.8 Å². The first kappa shape index (κ1) is 23.7. The number of aromatic nitrogens is 3. The van der Waals surface area contributed by atoms with Crippen LogP contribution in [0.15, 0.2) is 54.6 Å². The number of ether oxygens (including phenoxy) is 1. The average molecular weight is 481 g/mol. The maximum Gasteiger partial charge on any atom is 0.301 e. The summed E-state index contributed by atoms with van der Waals surface area (Å²) in [7, 11) is 0. The number of carbonyl (C=O) groups excluding carboxylic acids is 1. The van der Waals surface area contributed by atoms with Gasteiger partial charge in [-0.3, -0.25) is 4.79 Å². The summed E-state index contributed by atoms with van der Waals surface area (Å²) < 4.78 is 5.86. The van der Waals surface area contributed by atoms with Crippen LogP contribution >= 0.6 is 11.6 Å². The third-order valence-electron chi connectivity index (χ3n) is 5.43. The number of H-pyrrole nitrogens is 1. The van der Waals surface area contributed by atoms with Gasteiger partial charge in [0.05, 0.1) is 28.4 Å². The number of imidazole rings is 1. The van der Waals surface area contributed by atoms with E-state index >= 15 is 0 Å². The van der Waals surface area contributed by atoms with Crippen molar-refractivity contribution in [1.29, 1.82) is 0 Å². The molecule has 0 radical (unpaired) electrons. The fourth-order valence-corrected chi connectivity index (χ4v) is 3.94. The second kappa shape index (κ2) is 9.42. The first-order valence-corrected chi connectivity index (χ1v) is 11.1. The Morgan fingerprint density at radius 1 is 1.15 bits per heavy atom. The summed E-state index contributed by atoms with van der Waals surface area (Å²) in [5.41, 5.74) is 3.40. The molecule has 0 aliphatic carbocycles. The van der Waals surface area contributed by atoms with Gasteiger partial charge in [-0.15, -0.1) is 0 Å². The molecule has 4 rings (SSSR count). The van der Waals surface area contributed by atoms with E-state index in [-0.39, 0.29) is 18.5 Å². The smallest absolute Gasteiger partial charge is 0.301 e. The average Bonchev–Trinajstić information content (AvgIpc) is 3.18. The lowest BCUT2D eigenvalue weighted by atomic mass is 9.94. The van der Waals surface area contributed by atoms with Crippen molar-refractivity contribution in [3.05, 3.63) is 70.7 Å². The molecule has 176 valence electrons. The molecule has 0 aliphatic rings. The van der Waals surface area contributed by atoms with Gasteiger partial charge in [-0.05, 0) is 43.2 Å². The van der Waals surface area contributed by atoms with Gasteiger partial charge in [0, 0.05) is 12.5 Å². The minimum absolute atomic E-state index is 0.100. The van der Waals surface area contributed by atoms with Crippen molar-refractivity contribution >= 4 is 28.7 Å². The van der Waals surface area contributed by atoms with E-state index in [4.69, 9.17) is 21.4 Å². The number of aromatic amines is 1. The minimum atomic E-state index is -0.934. The van der Waals surface area contributed by atoms with Gasteiger partial charge in [-0.25, -0.2) is 4.98 Å². The second-order valence-corrected chi connectivity index (χ2v) is 8.89. The van der Waals surface area contributed by atoms with Gasteiger partial charge in [0.1, 0.15) is 11.9 Å². The van der Waals surface area contributed by atoms with Gasteiger partial charge >= 0.3 is 6.01 Å². The molecule has 1 atom stereocenters. The molecule has 4 aromatic rings. The summed E-state index contributed by atoms with van der Waals surface area (Å²) in [6.07, 6.45) is -0.934. The zero-order valence-corrected chi connectivity index (χ0v) is 19.7. The van der Waals surface area contributed by atoms with E-state index in [0.29, 0.717) is 33.2 Å². The highest BCUT2D eigenvalue weighted by Crippen LogP contribution is 2.31. The highest BCUT2D eigenvalue weighted by atomic mass is 35.5. The van der Waals surface area contributed by atoms with Gasteiger partial charge in [0.15, 0.2) is 5.65 Å². The molecule has 2 aromatic heterocycles. The van der Waals surface area contributed by atoms with Crippen molar-refractivity contribution in [2.75, 3.05) is 6.61 Å². The Labute approximate surface area is 201 Å². The SMILES string of the molecule is CC(=O)NC(C)(C)c1ccc(Oc2nc3nc(-c4ccc([C@H](O)CO)cc4)c(Cl)cc3[nH]2)cc1. The molecule has 0 aliphatic heterocycles. The standard InChI is InChI=1S/C25H25ClN4O4/c1-14(32)30-25(2,3)17-8-10-18(11-9-17)34-24-27-20-12-19(26)22(28-23(20)29-24)16-6-4-15(5-7-16)21(33)13-31/h4-12,21,31,33H,13H2,1-3H3,(H,30,32)(H,27,28,29)/t21-/m1/s1. The van der Waals surface area contributed by atoms with Crippen molar-refractivity contribution in [3.8, 4) is 23.0 Å². The Hall–Kier alpha value is -3.46. The van der Waals surface area contributed by atoms with E-state index in [2.05, 4.69) is 20.3 Å². The molecule has 8 nitrogen and oxygen atoms in total. The van der Waals surface area contributed by atoms with Gasteiger partial charge in [0.2, 0.25) is 5.91 Å². The quantitative estimate of drug-likeness (QED) is 0.310. The Balaban J connectivity index is 1.56. The fraction of sp³-hybridized carbons (Fsp3) is 0.240. The summed E-state index contributed by atoms with van der Waals surface area (Å²) in [6, 6.07) is 16.4. The van der Waals surface area contributed by atoms with Gasteiger partial charge in [-0.2, -0.15) is 4.98 Å². The van der Waals surface area contributed by atoms with Crippen LogP contribution in [0.2, 0.25) is 5.02 Å². The zero-order chi connectivity index (χ0) is 24.5. The Bertz CT molecular complexity index is 1320. The maximum atomic E-state index is 11.4. The number of hydrogen-bond donors (Lipinski definition) is 4. The van der Waals surface area contributed by atoms with Crippen LogP contribution in [0.3, 0.4) is 0 Å². The normalized spacial score (nSPS) is 12.5. The van der Waals surface area contributed by atoms with Crippen LogP contribution in [0.1, 0.15) is 38.0 Å². The summed E-state index contributed by atoms with van der Waals surface area (Å²) in [5, 5.41) is 22.2. The number of amides is 1. The predicted molar refractivity (Wildman–Crippen MR) is 130 cm³/mol. The number of nitrogens with zero attached hydrogens (tertiary/aromatic N) is 2. The Morgan fingerprint density at radius 3 is 2.44 bits per heavy atom. The van der Waals surface area contributed by atoms with Gasteiger partial charge in [0.25, 0.3) is 0 Å². The summed E-state index contributed by atoms with van der Waals surface area (Å²) in [4.78, 5) is 23.5. The number of nitrogens with one attached hydrogen (secondary N) is 2. The summed E-state index contributed by atoms with van der Waals surface area (Å²) in [5.74, 6) is 0.475. The monoisotopic (exact) mass is 480 g/mol. The van der Waals surface area contributed by atoms with Crippen LogP contribution in [-0.2, 0) is 10.3 Å². The molecule has 0 saturated heterocycles. The molecule has 34 heavy (non-hydrogen) atoms. The Kier molecular flexibility index (Phi) is 6.56. The van der Waals surface area contributed by atoms with Crippen LogP contribution in [0.25, 0.3) is 22.4 Å². The zero-order valence-electron chi connectivity index (χ0n) is 19.0. The minimum Gasteiger partial charge on any atom is -0.426 e. The van der Waals surface area contributed by atoms with E-state index < -0.39 is 11.6 Å². The van der Waals surface area contributed by atoms with Crippen molar-refractivity contribution in [3.63, 3.8) is 0 Å². The summed E-state index contributed by atoms with van der Waals surface area (Å²) >= 11 is 6.46. The van der Waals surface area contributed by atoms with E-state index in [9.17, 15) is 9.90 Å². The lowest BCUT2D eigenvalue weighted by molar-refractivity contribution is -0.120. The topological polar surface area (TPSA) is 120 Å². The molecule has 2 heterocycles. The molecule has 0 bridgehead atoms. The molecule has 2 aromatic carbocycles. The van der Waals surface area contributed by atoms with Crippen molar-refractivity contribution in [2.45, 2.75) is 32.4 Å². The molecular formula is C25H25ClN4O4. The lowest BCUT2D eigenvalue weighted by Gasteiger charge is -2.26. The highest BCUT2D eigenvalue weighted by Gasteiger charge is 2.21. The molecule has 0 unspecified atom stereocenters. The number of benzene rings is 2. The number of aliphatic hydroxyl groups is 2. The number of fused-ring (bicyclic) bond motifs is 1. The molecule has 9 heteroatoms. The van der Waals surface area contributed by atoms with E-state index in [1.165, 1.54) is 6.92 Å². The molecular weight excluding hydrogens is 456 g/mol. The molecule has 0 spiro atoms. The number of pyridine rings is 1. The van der Waals surface area contributed by atoms with E-state index in [1.807, 2.05) is 26.0 Å². The first-order chi connectivity index (χ1) is 16.2. The maximum absolute atomic E-state index is 11.4. The second-order valence-electron chi connectivity index (χ2n) is 8.48. The predicted octanol–water partition coefficient (Wildman–Crippen LogP) is 4.47. The van der Waals surface area contributed by atoms with E-state index in [0.717, 1.165) is 11.1 Å². The van der Waals surface area contributed by atoms with Crippen molar-refractivity contribution in [2.24, 2.45) is 0 Å². The van der Waals surface area contributed by atoms with Crippen LogP contribution in [0.4, 0.5) is 0 Å². The number of aliphatic hydroxyl groups excluding tert-OH is 2. The van der Waals surface area contributed by atoms with Gasteiger partial charge < -0.3 is 25.3 Å². The van der Waals surface area contributed by atoms with Crippen LogP contribution < -0.4 is 10.1 Å². The number of carbonyl (C=O) groups is 1. The number of halogens is 1. The van der Waals surface area contributed by atoms with Crippen molar-refractivity contribution in [1.82, 2.24) is 20.3 Å². The van der Waals surface area contributed by atoms with Gasteiger partial charge in [-0.1, -0.05) is 48.0 Å². The molecule has 1 amide bonds. The largest absolute Gasteiger partial charge is 0.426 e. The third-order valence-corrected chi connectivity index (χ3v) is 5.71. The van der Waals surface area contributed by atoms with E-state index in [1.54, 1.807) is 42.5 Å². The first-order valence-electron chi connectivity index (χ1n) is 10.7. The summed E-state index contributed by atoms with van der Waals surface area (Å²) in [6.45, 7) is 5.00. The molecule has 0 saturated carbocycles. The fourth-order valence-electron chi connectivity index (χ4n) is 3.68. The number of hydrogen-bond acceptors (Lipinski definition) is 6. The van der Waals surface area contributed by atoms with Crippen molar-refractivity contribution < 1.29 is 19.7 Å². The lowest BCUT2D eigenvalue weighted by Crippen LogP contribution is -2.39. The Morgan fingerprint density at radius 2 is 1.82 bits per heavy atom.